The summed E-state index contributed by atoms with van der Waals surface area (Å²) >= 11 is 1.85. The molecule has 0 aromatic heterocycles. The lowest BCUT2D eigenvalue weighted by Crippen LogP contribution is -2.11. The molecule has 1 aliphatic carbocycles. The molecular formula is C11H16O2S. The fourth-order valence-corrected chi connectivity index (χ4v) is 2.75. The van der Waals surface area contributed by atoms with Gasteiger partial charge in [0, 0.05) is 6.42 Å². The molecule has 2 nitrogen and oxygen atoms in total. The summed E-state index contributed by atoms with van der Waals surface area (Å²) < 4.78 is 0. The van der Waals surface area contributed by atoms with Crippen LogP contribution < -0.4 is 0 Å². The second-order valence-corrected chi connectivity index (χ2v) is 5.04. The first kappa shape index (κ1) is 11.5. The predicted octanol–water partition coefficient (Wildman–Crippen LogP) is 2.39. The van der Waals surface area contributed by atoms with Gasteiger partial charge in [0.05, 0.1) is 6.42 Å². The number of terminal acetylenes is 1. The predicted molar refractivity (Wildman–Crippen MR) is 59.3 cm³/mol. The standard InChI is InChI=1S/C11H16O2S/c1-2-3-4-7-14-9-11(5-6-11)8-10(12)13/h1H,3-9H2,(H,12,13). The Balaban J connectivity index is 2.06. The number of hydrogen-bond acceptors (Lipinski definition) is 2. The smallest absolute Gasteiger partial charge is 0.303 e. The first-order valence-corrected chi connectivity index (χ1v) is 6.07. The van der Waals surface area contributed by atoms with Gasteiger partial charge < -0.3 is 5.11 Å². The minimum atomic E-state index is -0.660. The highest BCUT2D eigenvalue weighted by Gasteiger charge is 2.43. The summed E-state index contributed by atoms with van der Waals surface area (Å²) in [5.41, 5.74) is 0.132. The highest BCUT2D eigenvalue weighted by atomic mass is 32.2. The van der Waals surface area contributed by atoms with Crippen LogP contribution in [0.2, 0.25) is 0 Å². The molecule has 0 radical (unpaired) electrons. The molecule has 0 unspecified atom stereocenters. The van der Waals surface area contributed by atoms with Gasteiger partial charge in [-0.25, -0.2) is 0 Å². The van der Waals surface area contributed by atoms with E-state index in [1.807, 2.05) is 11.8 Å². The van der Waals surface area contributed by atoms with Gasteiger partial charge in [-0.2, -0.15) is 11.8 Å². The van der Waals surface area contributed by atoms with Gasteiger partial charge in [-0.15, -0.1) is 12.3 Å². The van der Waals surface area contributed by atoms with Crippen molar-refractivity contribution in [2.75, 3.05) is 11.5 Å². The Morgan fingerprint density at radius 2 is 2.29 bits per heavy atom. The zero-order valence-electron chi connectivity index (χ0n) is 8.29. The molecule has 0 saturated heterocycles. The number of aliphatic carboxylic acids is 1. The summed E-state index contributed by atoms with van der Waals surface area (Å²) in [6, 6.07) is 0. The fourth-order valence-electron chi connectivity index (χ4n) is 1.43. The average Bonchev–Trinajstić information content (AvgIpc) is 2.84. The van der Waals surface area contributed by atoms with Crippen molar-refractivity contribution in [3.63, 3.8) is 0 Å². The van der Waals surface area contributed by atoms with Crippen LogP contribution in [0, 0.1) is 17.8 Å². The lowest BCUT2D eigenvalue weighted by Gasteiger charge is -2.10. The molecule has 0 aromatic rings. The average molecular weight is 212 g/mol. The van der Waals surface area contributed by atoms with Gasteiger partial charge in [-0.1, -0.05) is 0 Å². The number of hydrogen-bond donors (Lipinski definition) is 1. The quantitative estimate of drug-likeness (QED) is 0.520. The minimum absolute atomic E-state index is 0.132. The third-order valence-electron chi connectivity index (χ3n) is 2.50. The van der Waals surface area contributed by atoms with Crippen LogP contribution in [-0.4, -0.2) is 22.6 Å². The van der Waals surface area contributed by atoms with Gasteiger partial charge >= 0.3 is 5.97 Å². The second kappa shape index (κ2) is 5.31. The van der Waals surface area contributed by atoms with Crippen LogP contribution in [0.15, 0.2) is 0 Å². The molecule has 0 aliphatic heterocycles. The van der Waals surface area contributed by atoms with Crippen molar-refractivity contribution >= 4 is 17.7 Å². The van der Waals surface area contributed by atoms with Crippen molar-refractivity contribution in [2.24, 2.45) is 5.41 Å². The Kier molecular flexibility index (Phi) is 4.34. The number of thioether (sulfide) groups is 1. The molecule has 1 saturated carbocycles. The Morgan fingerprint density at radius 1 is 1.57 bits per heavy atom. The molecule has 0 heterocycles. The summed E-state index contributed by atoms with van der Waals surface area (Å²) in [5, 5.41) is 8.69. The molecule has 1 aliphatic rings. The Morgan fingerprint density at radius 3 is 2.79 bits per heavy atom. The van der Waals surface area contributed by atoms with E-state index in [-0.39, 0.29) is 5.41 Å². The van der Waals surface area contributed by atoms with E-state index >= 15 is 0 Å². The fraction of sp³-hybridized carbons (Fsp3) is 0.727. The Labute approximate surface area is 89.5 Å². The van der Waals surface area contributed by atoms with E-state index in [2.05, 4.69) is 5.92 Å². The van der Waals surface area contributed by atoms with E-state index in [4.69, 9.17) is 11.5 Å². The van der Waals surface area contributed by atoms with E-state index in [0.717, 1.165) is 37.2 Å². The largest absolute Gasteiger partial charge is 0.481 e. The number of carbonyl (C=O) groups is 1. The van der Waals surface area contributed by atoms with Crippen LogP contribution in [0.25, 0.3) is 0 Å². The van der Waals surface area contributed by atoms with Gasteiger partial charge in [-0.3, -0.25) is 4.79 Å². The maximum Gasteiger partial charge on any atom is 0.303 e. The van der Waals surface area contributed by atoms with Crippen LogP contribution in [-0.2, 0) is 4.79 Å². The van der Waals surface area contributed by atoms with Crippen molar-refractivity contribution in [3.05, 3.63) is 0 Å². The molecule has 1 fully saturated rings. The second-order valence-electron chi connectivity index (χ2n) is 3.93. The molecule has 1 rings (SSSR count). The molecule has 0 atom stereocenters. The van der Waals surface area contributed by atoms with Gasteiger partial charge in [-0.05, 0) is 36.2 Å². The van der Waals surface area contributed by atoms with Crippen LogP contribution in [0.3, 0.4) is 0 Å². The third-order valence-corrected chi connectivity index (χ3v) is 3.90. The number of carboxylic acid groups (broad SMARTS) is 1. The zero-order chi connectivity index (χ0) is 10.4. The van der Waals surface area contributed by atoms with Crippen LogP contribution in [0.5, 0.6) is 0 Å². The van der Waals surface area contributed by atoms with E-state index in [0.29, 0.717) is 6.42 Å². The molecule has 0 bridgehead atoms. The maximum absolute atomic E-state index is 10.6. The SMILES string of the molecule is C#CCCCSCC1(CC(=O)O)CC1. The highest BCUT2D eigenvalue weighted by Crippen LogP contribution is 2.51. The third kappa shape index (κ3) is 4.06. The van der Waals surface area contributed by atoms with Gasteiger partial charge in [0.15, 0.2) is 0 Å². The molecule has 0 aromatic carbocycles. The number of unbranched alkanes of at least 4 members (excludes halogenated alkanes) is 1. The lowest BCUT2D eigenvalue weighted by molar-refractivity contribution is -0.138. The van der Waals surface area contributed by atoms with Crippen LogP contribution in [0.4, 0.5) is 0 Å². The summed E-state index contributed by atoms with van der Waals surface area (Å²) in [6.07, 6.45) is 9.53. The van der Waals surface area contributed by atoms with Gasteiger partial charge in [0.2, 0.25) is 0 Å². The van der Waals surface area contributed by atoms with Crippen molar-refractivity contribution in [3.8, 4) is 12.3 Å². The highest BCUT2D eigenvalue weighted by molar-refractivity contribution is 7.99. The number of rotatable bonds is 7. The maximum atomic E-state index is 10.6. The van der Waals surface area contributed by atoms with Gasteiger partial charge in [0.1, 0.15) is 0 Å². The molecule has 14 heavy (non-hydrogen) atoms. The molecular weight excluding hydrogens is 196 g/mol. The minimum Gasteiger partial charge on any atom is -0.481 e. The number of carboxylic acids is 1. The van der Waals surface area contributed by atoms with Crippen LogP contribution >= 0.6 is 11.8 Å². The van der Waals surface area contributed by atoms with Crippen molar-refractivity contribution in [1.29, 1.82) is 0 Å². The molecule has 0 amide bonds. The normalized spacial score (nSPS) is 17.4. The van der Waals surface area contributed by atoms with E-state index in [1.54, 1.807) is 0 Å². The Hall–Kier alpha value is -0.620. The van der Waals surface area contributed by atoms with E-state index < -0.39 is 5.97 Å². The molecule has 78 valence electrons. The van der Waals surface area contributed by atoms with Crippen LogP contribution in [0.1, 0.15) is 32.1 Å². The molecule has 3 heteroatoms. The first-order chi connectivity index (χ1) is 6.68. The molecule has 0 spiro atoms. The van der Waals surface area contributed by atoms with Crippen molar-refractivity contribution < 1.29 is 9.90 Å². The first-order valence-electron chi connectivity index (χ1n) is 4.92. The monoisotopic (exact) mass is 212 g/mol. The molecule has 1 N–H and O–H groups in total. The van der Waals surface area contributed by atoms with Gasteiger partial charge in [0.25, 0.3) is 0 Å². The van der Waals surface area contributed by atoms with Crippen molar-refractivity contribution in [1.82, 2.24) is 0 Å². The summed E-state index contributed by atoms with van der Waals surface area (Å²) in [6.45, 7) is 0. The Bertz CT molecular complexity index is 238. The van der Waals surface area contributed by atoms with Crippen molar-refractivity contribution in [2.45, 2.75) is 32.1 Å². The lowest BCUT2D eigenvalue weighted by atomic mass is 10.1. The summed E-state index contributed by atoms with van der Waals surface area (Å²) in [5.74, 6) is 4.00. The van der Waals surface area contributed by atoms with E-state index in [1.165, 1.54) is 0 Å². The topological polar surface area (TPSA) is 37.3 Å². The summed E-state index contributed by atoms with van der Waals surface area (Å²) in [7, 11) is 0. The zero-order valence-corrected chi connectivity index (χ0v) is 9.11. The summed E-state index contributed by atoms with van der Waals surface area (Å²) in [4.78, 5) is 10.6. The van der Waals surface area contributed by atoms with E-state index in [9.17, 15) is 4.79 Å².